The lowest BCUT2D eigenvalue weighted by atomic mass is 10.0. The van der Waals surface area contributed by atoms with Gasteiger partial charge in [-0.1, -0.05) is 30.7 Å². The summed E-state index contributed by atoms with van der Waals surface area (Å²) >= 11 is 6.11. The van der Waals surface area contributed by atoms with E-state index in [1.165, 1.54) is 12.0 Å². The number of para-hydroxylation sites is 1. The molecule has 82 valence electrons. The van der Waals surface area contributed by atoms with Crippen LogP contribution in [0.25, 0.3) is 0 Å². The lowest BCUT2D eigenvalue weighted by Gasteiger charge is -2.10. The number of halogens is 1. The van der Waals surface area contributed by atoms with Gasteiger partial charge < -0.3 is 10.6 Å². The van der Waals surface area contributed by atoms with Crippen LogP contribution in [0.4, 0.5) is 5.69 Å². The molecule has 15 heavy (non-hydrogen) atoms. The predicted molar refractivity (Wildman–Crippen MR) is 65.8 cm³/mol. The van der Waals surface area contributed by atoms with Crippen molar-refractivity contribution < 1.29 is 0 Å². The number of hydrogen-bond donors (Lipinski definition) is 2. The Hall–Kier alpha value is -0.730. The summed E-state index contributed by atoms with van der Waals surface area (Å²) in [5.41, 5.74) is 2.48. The van der Waals surface area contributed by atoms with Gasteiger partial charge in [-0.05, 0) is 24.6 Å². The molecular formula is C12H17ClN2. The Morgan fingerprint density at radius 2 is 2.40 bits per heavy atom. The van der Waals surface area contributed by atoms with Gasteiger partial charge in [0.05, 0.1) is 10.7 Å². The molecule has 2 nitrogen and oxygen atoms in total. The summed E-state index contributed by atoms with van der Waals surface area (Å²) in [6, 6.07) is 6.13. The Morgan fingerprint density at radius 1 is 1.53 bits per heavy atom. The van der Waals surface area contributed by atoms with E-state index in [1.54, 1.807) is 0 Å². The maximum Gasteiger partial charge on any atom is 0.0640 e. The molecule has 0 saturated carbocycles. The topological polar surface area (TPSA) is 24.1 Å². The minimum Gasteiger partial charge on any atom is -0.383 e. The van der Waals surface area contributed by atoms with Crippen molar-refractivity contribution in [2.45, 2.75) is 19.3 Å². The van der Waals surface area contributed by atoms with Crippen LogP contribution in [0.15, 0.2) is 18.2 Å². The van der Waals surface area contributed by atoms with E-state index >= 15 is 0 Å². The molecular weight excluding hydrogens is 208 g/mol. The molecule has 2 rings (SSSR count). The maximum atomic E-state index is 6.11. The van der Waals surface area contributed by atoms with Gasteiger partial charge in [0.15, 0.2) is 0 Å². The minimum atomic E-state index is 0.560. The molecule has 0 amide bonds. The van der Waals surface area contributed by atoms with E-state index < -0.39 is 0 Å². The summed E-state index contributed by atoms with van der Waals surface area (Å²) in [4.78, 5) is 0. The first-order valence-corrected chi connectivity index (χ1v) is 5.93. The quantitative estimate of drug-likeness (QED) is 0.769. The fraction of sp³-hybridized carbons (Fsp3) is 0.500. The number of nitrogens with one attached hydrogen (secondary N) is 2. The fourth-order valence-corrected chi connectivity index (χ4v) is 2.29. The van der Waals surface area contributed by atoms with E-state index in [0.717, 1.165) is 30.3 Å². The zero-order chi connectivity index (χ0) is 10.7. The Labute approximate surface area is 96.0 Å². The van der Waals surface area contributed by atoms with Gasteiger partial charge in [-0.3, -0.25) is 0 Å². The Kier molecular flexibility index (Phi) is 3.49. The standard InChI is InChI=1S/C12H17ClN2/c1-2-6-14-7-9-8-15-12-10(9)4-3-5-11(12)13/h3-5,9,14-15H,2,6-8H2,1H3/t9-/m1/s1. The molecule has 0 aliphatic carbocycles. The molecule has 1 heterocycles. The molecule has 1 aromatic rings. The van der Waals surface area contributed by atoms with Gasteiger partial charge in [0.2, 0.25) is 0 Å². The fourth-order valence-electron chi connectivity index (χ4n) is 2.04. The summed E-state index contributed by atoms with van der Waals surface area (Å²) in [6.45, 7) is 5.31. The Balaban J connectivity index is 2.05. The number of fused-ring (bicyclic) bond motifs is 1. The minimum absolute atomic E-state index is 0.560. The van der Waals surface area contributed by atoms with Crippen LogP contribution in [0.3, 0.4) is 0 Å². The average molecular weight is 225 g/mol. The van der Waals surface area contributed by atoms with Crippen molar-refractivity contribution >= 4 is 17.3 Å². The molecule has 1 aliphatic heterocycles. The van der Waals surface area contributed by atoms with Crippen LogP contribution < -0.4 is 10.6 Å². The molecule has 1 atom stereocenters. The van der Waals surface area contributed by atoms with Gasteiger partial charge in [-0.15, -0.1) is 0 Å². The highest BCUT2D eigenvalue weighted by molar-refractivity contribution is 6.33. The number of anilines is 1. The third-order valence-corrected chi connectivity index (χ3v) is 3.14. The van der Waals surface area contributed by atoms with Crippen molar-refractivity contribution in [3.63, 3.8) is 0 Å². The number of rotatable bonds is 4. The van der Waals surface area contributed by atoms with Crippen LogP contribution in [0, 0.1) is 0 Å². The summed E-state index contributed by atoms with van der Waals surface area (Å²) in [5, 5.41) is 7.67. The summed E-state index contributed by atoms with van der Waals surface area (Å²) in [6.07, 6.45) is 1.18. The van der Waals surface area contributed by atoms with Crippen molar-refractivity contribution in [1.82, 2.24) is 5.32 Å². The summed E-state index contributed by atoms with van der Waals surface area (Å²) < 4.78 is 0. The van der Waals surface area contributed by atoms with Gasteiger partial charge in [-0.25, -0.2) is 0 Å². The third-order valence-electron chi connectivity index (χ3n) is 2.83. The third kappa shape index (κ3) is 2.27. The van der Waals surface area contributed by atoms with E-state index in [9.17, 15) is 0 Å². The zero-order valence-corrected chi connectivity index (χ0v) is 9.77. The second-order valence-electron chi connectivity index (χ2n) is 3.99. The highest BCUT2D eigenvalue weighted by Gasteiger charge is 2.22. The first-order valence-electron chi connectivity index (χ1n) is 5.56. The van der Waals surface area contributed by atoms with Gasteiger partial charge in [-0.2, -0.15) is 0 Å². The summed E-state index contributed by atoms with van der Waals surface area (Å²) in [7, 11) is 0. The monoisotopic (exact) mass is 224 g/mol. The Bertz CT molecular complexity index is 338. The van der Waals surface area contributed by atoms with E-state index in [2.05, 4.69) is 23.6 Å². The van der Waals surface area contributed by atoms with Gasteiger partial charge >= 0.3 is 0 Å². The van der Waals surface area contributed by atoms with Crippen LogP contribution in [0.2, 0.25) is 5.02 Å². The zero-order valence-electron chi connectivity index (χ0n) is 9.02. The average Bonchev–Trinajstić information content (AvgIpc) is 2.64. The van der Waals surface area contributed by atoms with E-state index in [0.29, 0.717) is 5.92 Å². The van der Waals surface area contributed by atoms with Crippen LogP contribution in [0.5, 0.6) is 0 Å². The van der Waals surface area contributed by atoms with Crippen molar-refractivity contribution in [3.8, 4) is 0 Å². The Morgan fingerprint density at radius 3 is 3.20 bits per heavy atom. The van der Waals surface area contributed by atoms with Crippen molar-refractivity contribution in [1.29, 1.82) is 0 Å². The van der Waals surface area contributed by atoms with E-state index in [-0.39, 0.29) is 0 Å². The smallest absolute Gasteiger partial charge is 0.0640 e. The molecule has 0 bridgehead atoms. The highest BCUT2D eigenvalue weighted by Crippen LogP contribution is 2.36. The SMILES string of the molecule is CCCNC[C@@H]1CNc2c(Cl)cccc21. The number of hydrogen-bond acceptors (Lipinski definition) is 2. The normalized spacial score (nSPS) is 18.7. The maximum absolute atomic E-state index is 6.11. The van der Waals surface area contributed by atoms with Gasteiger partial charge in [0.25, 0.3) is 0 Å². The molecule has 1 aromatic carbocycles. The van der Waals surface area contributed by atoms with E-state index in [1.807, 2.05) is 12.1 Å². The van der Waals surface area contributed by atoms with Crippen molar-refractivity contribution in [3.05, 3.63) is 28.8 Å². The molecule has 0 unspecified atom stereocenters. The van der Waals surface area contributed by atoms with Crippen LogP contribution in [0.1, 0.15) is 24.8 Å². The molecule has 0 saturated heterocycles. The lowest BCUT2D eigenvalue weighted by molar-refractivity contribution is 0.607. The lowest BCUT2D eigenvalue weighted by Crippen LogP contribution is -2.23. The predicted octanol–water partition coefficient (Wildman–Crippen LogP) is 2.85. The first-order chi connectivity index (χ1) is 7.33. The highest BCUT2D eigenvalue weighted by atomic mass is 35.5. The van der Waals surface area contributed by atoms with Crippen LogP contribution in [-0.2, 0) is 0 Å². The van der Waals surface area contributed by atoms with Gasteiger partial charge in [0, 0.05) is 19.0 Å². The molecule has 0 radical (unpaired) electrons. The van der Waals surface area contributed by atoms with Crippen LogP contribution in [-0.4, -0.2) is 19.6 Å². The second-order valence-corrected chi connectivity index (χ2v) is 4.39. The number of benzene rings is 1. The summed E-state index contributed by atoms with van der Waals surface area (Å²) in [5.74, 6) is 0.560. The van der Waals surface area contributed by atoms with Crippen LogP contribution >= 0.6 is 11.6 Å². The molecule has 0 fully saturated rings. The van der Waals surface area contributed by atoms with Gasteiger partial charge in [0.1, 0.15) is 0 Å². The van der Waals surface area contributed by atoms with Crippen molar-refractivity contribution in [2.75, 3.05) is 25.0 Å². The molecule has 0 spiro atoms. The molecule has 3 heteroatoms. The first kappa shape index (κ1) is 10.8. The molecule has 2 N–H and O–H groups in total. The molecule has 0 aromatic heterocycles. The van der Waals surface area contributed by atoms with E-state index in [4.69, 9.17) is 11.6 Å². The largest absolute Gasteiger partial charge is 0.383 e. The second kappa shape index (κ2) is 4.86. The van der Waals surface area contributed by atoms with Crippen molar-refractivity contribution in [2.24, 2.45) is 0 Å². The molecule has 1 aliphatic rings.